The molecule has 5 rings (SSSR count). The van der Waals surface area contributed by atoms with Gasteiger partial charge < -0.3 is 15.5 Å². The summed E-state index contributed by atoms with van der Waals surface area (Å²) in [6, 6.07) is 7.94. The predicted octanol–water partition coefficient (Wildman–Crippen LogP) is 4.99. The molecule has 5 nitrogen and oxygen atoms in total. The summed E-state index contributed by atoms with van der Waals surface area (Å²) in [5, 5.41) is 5.85. The van der Waals surface area contributed by atoms with Gasteiger partial charge in [0.1, 0.15) is 18.1 Å². The van der Waals surface area contributed by atoms with Crippen molar-refractivity contribution in [2.24, 2.45) is 0 Å². The molecule has 1 aliphatic carbocycles. The lowest BCUT2D eigenvalue weighted by Crippen LogP contribution is -2.81. The van der Waals surface area contributed by atoms with Crippen LogP contribution in [-0.2, 0) is 11.3 Å². The van der Waals surface area contributed by atoms with E-state index in [9.17, 15) is 9.18 Å². The molecular weight excluding hydrogens is 555 g/mol. The summed E-state index contributed by atoms with van der Waals surface area (Å²) in [6.45, 7) is 7.66. The molecule has 3 heterocycles. The summed E-state index contributed by atoms with van der Waals surface area (Å²) in [5.41, 5.74) is 1.33. The molecule has 0 spiro atoms. The first kappa shape index (κ1) is 43.9. The van der Waals surface area contributed by atoms with E-state index in [2.05, 4.69) is 81.0 Å². The molecule has 0 radical (unpaired) electrons. The molecule has 0 bridgehead atoms. The lowest BCUT2D eigenvalue weighted by atomic mass is 10.0. The SMILES string of the molecule is C#C.C#C.C#C.C#C.C1CCCCC1.C[NH2+]Cc1nc(C)sc1[C@H]1CC[NH2+]C1.Fc1ccccc1.O=CN1CCCCC1. The van der Waals surface area contributed by atoms with Gasteiger partial charge >= 0.3 is 0 Å². The number of thiazole rings is 1. The third-order valence-corrected chi connectivity index (χ3v) is 7.72. The zero-order valence-corrected chi connectivity index (χ0v) is 27.3. The molecule has 43 heavy (non-hydrogen) atoms. The van der Waals surface area contributed by atoms with E-state index in [0.717, 1.165) is 32.0 Å². The molecule has 1 aromatic carbocycles. The molecule has 1 aromatic heterocycles. The van der Waals surface area contributed by atoms with E-state index in [0.29, 0.717) is 0 Å². The molecule has 3 fully saturated rings. The highest BCUT2D eigenvalue weighted by Gasteiger charge is 2.25. The van der Waals surface area contributed by atoms with Crippen molar-refractivity contribution < 1.29 is 19.8 Å². The summed E-state index contributed by atoms with van der Waals surface area (Å²) < 4.78 is 11.9. The number of hydrogen-bond acceptors (Lipinski definition) is 3. The normalized spacial score (nSPS) is 15.9. The fraction of sp³-hybridized carbons (Fsp3) is 0.500. The van der Waals surface area contributed by atoms with Crippen LogP contribution in [0.4, 0.5) is 4.39 Å². The van der Waals surface area contributed by atoms with Crippen molar-refractivity contribution in [1.82, 2.24) is 9.88 Å². The van der Waals surface area contributed by atoms with E-state index < -0.39 is 0 Å². The van der Waals surface area contributed by atoms with E-state index in [1.54, 1.807) is 23.1 Å². The maximum Gasteiger partial charge on any atom is 0.209 e. The number of quaternary nitrogens is 2. The van der Waals surface area contributed by atoms with Crippen molar-refractivity contribution in [1.29, 1.82) is 0 Å². The highest BCUT2D eigenvalue weighted by atomic mass is 32.1. The number of amides is 1. The Hall–Kier alpha value is -3.59. The van der Waals surface area contributed by atoms with Crippen molar-refractivity contribution in [3.8, 4) is 51.4 Å². The van der Waals surface area contributed by atoms with E-state index in [1.807, 2.05) is 16.2 Å². The molecule has 7 heteroatoms. The second-order valence-corrected chi connectivity index (χ2v) is 10.8. The quantitative estimate of drug-likeness (QED) is 0.379. The molecule has 2 aromatic rings. The maximum absolute atomic E-state index is 11.9. The van der Waals surface area contributed by atoms with Crippen LogP contribution in [0.15, 0.2) is 30.3 Å². The number of aryl methyl sites for hydroxylation is 1. The van der Waals surface area contributed by atoms with Gasteiger partial charge in [0.25, 0.3) is 0 Å². The Labute approximate surface area is 266 Å². The second-order valence-electron chi connectivity index (χ2n) is 9.57. The van der Waals surface area contributed by atoms with Crippen LogP contribution >= 0.6 is 11.3 Å². The van der Waals surface area contributed by atoms with Crippen LogP contribution in [0.1, 0.15) is 85.7 Å². The number of benzene rings is 1. The number of nitrogens with two attached hydrogens (primary N) is 2. The number of aromatic nitrogens is 1. The fourth-order valence-electron chi connectivity index (χ4n) is 4.64. The molecule has 2 saturated heterocycles. The molecular formula is C36H55FN4OS+2. The van der Waals surface area contributed by atoms with Gasteiger partial charge in [-0.15, -0.1) is 62.7 Å². The van der Waals surface area contributed by atoms with Crippen molar-refractivity contribution in [2.75, 3.05) is 33.2 Å². The van der Waals surface area contributed by atoms with Crippen LogP contribution in [0.3, 0.4) is 0 Å². The Morgan fingerprint density at radius 1 is 0.907 bits per heavy atom. The molecule has 4 N–H and O–H groups in total. The third kappa shape index (κ3) is 23.6. The van der Waals surface area contributed by atoms with Gasteiger partial charge in [-0.2, -0.15) is 0 Å². The van der Waals surface area contributed by atoms with Crippen LogP contribution in [0.5, 0.6) is 0 Å². The first-order valence-corrected chi connectivity index (χ1v) is 15.7. The van der Waals surface area contributed by atoms with Gasteiger partial charge in [0, 0.05) is 30.3 Å². The van der Waals surface area contributed by atoms with E-state index in [-0.39, 0.29) is 5.82 Å². The minimum absolute atomic E-state index is 0.178. The number of piperidine rings is 1. The van der Waals surface area contributed by atoms with Crippen LogP contribution in [-0.4, -0.2) is 49.5 Å². The number of terminal acetylenes is 4. The standard InChI is InChI=1S/C10H17N3S.C6H5F.C6H11NO.C6H12.4C2H2/c1-7-13-9(6-11-2)10(14-7)8-3-4-12-5-8;7-6-4-2-1-3-5-6;8-6-7-4-2-1-3-5-7;1-2-4-6-5-3-1;4*1-2/h8,11-12H,3-6H2,1-2H3;1-5H;6H,1-5H2;1-6H2;4*1-2H/p+2/t8-;;;;;;;/m0......./s1. The van der Waals surface area contributed by atoms with Gasteiger partial charge in [-0.3, -0.25) is 4.79 Å². The van der Waals surface area contributed by atoms with Crippen LogP contribution < -0.4 is 10.6 Å². The Morgan fingerprint density at radius 3 is 1.74 bits per heavy atom. The van der Waals surface area contributed by atoms with Crippen molar-refractivity contribution in [3.05, 3.63) is 51.7 Å². The monoisotopic (exact) mass is 610 g/mol. The van der Waals surface area contributed by atoms with Crippen molar-refractivity contribution in [3.63, 3.8) is 0 Å². The highest BCUT2D eigenvalue weighted by molar-refractivity contribution is 7.11. The van der Waals surface area contributed by atoms with Gasteiger partial charge in [-0.1, -0.05) is 56.7 Å². The third-order valence-electron chi connectivity index (χ3n) is 6.55. The summed E-state index contributed by atoms with van der Waals surface area (Å²) in [4.78, 5) is 18.1. The van der Waals surface area contributed by atoms with Gasteiger partial charge in [0.15, 0.2) is 0 Å². The summed E-state index contributed by atoms with van der Waals surface area (Å²) in [7, 11) is 2.11. The van der Waals surface area contributed by atoms with Crippen molar-refractivity contribution in [2.45, 2.75) is 83.6 Å². The zero-order chi connectivity index (χ0) is 33.1. The number of rotatable bonds is 4. The van der Waals surface area contributed by atoms with Crippen LogP contribution in [0, 0.1) is 64.1 Å². The summed E-state index contributed by atoms with van der Waals surface area (Å²) >= 11 is 1.90. The Morgan fingerprint density at radius 2 is 1.40 bits per heavy atom. The topological polar surface area (TPSA) is 66.4 Å². The number of nitrogens with zero attached hydrogens (tertiary/aromatic N) is 2. The predicted molar refractivity (Wildman–Crippen MR) is 183 cm³/mol. The van der Waals surface area contributed by atoms with E-state index in [4.69, 9.17) is 0 Å². The largest absolute Gasteiger partial charge is 0.346 e. The number of carbonyl (C=O) groups excluding carboxylic acids is 1. The number of halogens is 1. The lowest BCUT2D eigenvalue weighted by molar-refractivity contribution is -0.644. The zero-order valence-electron chi connectivity index (χ0n) is 26.5. The summed E-state index contributed by atoms with van der Waals surface area (Å²) in [6.07, 6.45) is 47.0. The average Bonchev–Trinajstić information content (AvgIpc) is 3.77. The van der Waals surface area contributed by atoms with E-state index in [1.165, 1.54) is 100 Å². The molecule has 2 aliphatic heterocycles. The maximum atomic E-state index is 11.9. The molecule has 1 atom stereocenters. The van der Waals surface area contributed by atoms with Gasteiger partial charge in [0.05, 0.1) is 25.1 Å². The molecule has 236 valence electrons. The molecule has 3 aliphatic rings. The first-order chi connectivity index (χ1) is 21.1. The highest BCUT2D eigenvalue weighted by Crippen LogP contribution is 2.28. The Bertz CT molecular complexity index is 916. The number of hydrogen-bond donors (Lipinski definition) is 2. The second kappa shape index (κ2) is 34.6. The number of carbonyl (C=O) groups is 1. The fourth-order valence-corrected chi connectivity index (χ4v) is 5.74. The van der Waals surface area contributed by atoms with Crippen LogP contribution in [0.2, 0.25) is 0 Å². The minimum atomic E-state index is -0.178. The molecule has 1 amide bonds. The average molecular weight is 611 g/mol. The first-order valence-electron chi connectivity index (χ1n) is 14.9. The molecule has 1 saturated carbocycles. The smallest absolute Gasteiger partial charge is 0.209 e. The number of likely N-dealkylation sites (tertiary alicyclic amines) is 1. The van der Waals surface area contributed by atoms with Gasteiger partial charge in [-0.05, 0) is 38.3 Å². The Balaban J connectivity index is -0.000000480. The summed E-state index contributed by atoms with van der Waals surface area (Å²) in [5.74, 6) is 0.596. The van der Waals surface area contributed by atoms with Gasteiger partial charge in [-0.25, -0.2) is 9.37 Å². The van der Waals surface area contributed by atoms with Crippen LogP contribution in [0.25, 0.3) is 0 Å². The Kier molecular flexibility index (Phi) is 35.3. The van der Waals surface area contributed by atoms with Crippen molar-refractivity contribution >= 4 is 17.7 Å². The minimum Gasteiger partial charge on any atom is -0.346 e. The van der Waals surface area contributed by atoms with Gasteiger partial charge in [0.2, 0.25) is 6.41 Å². The van der Waals surface area contributed by atoms with E-state index >= 15 is 0 Å². The lowest BCUT2D eigenvalue weighted by Gasteiger charge is -2.21. The molecule has 0 unspecified atom stereocenters.